The number of fused-ring (bicyclic) bond motifs is 1. The zero-order chi connectivity index (χ0) is 18.2. The highest BCUT2D eigenvalue weighted by molar-refractivity contribution is 5.97. The van der Waals surface area contributed by atoms with Gasteiger partial charge in [-0.15, -0.1) is 0 Å². The van der Waals surface area contributed by atoms with Crippen LogP contribution >= 0.6 is 0 Å². The second kappa shape index (κ2) is 6.50. The number of amides is 2. The highest BCUT2D eigenvalue weighted by Gasteiger charge is 2.27. The third kappa shape index (κ3) is 4.00. The molecule has 2 amide bonds. The number of hydrogen-bond acceptors (Lipinski definition) is 4. The Morgan fingerprint density at radius 2 is 1.76 bits per heavy atom. The molecule has 25 heavy (non-hydrogen) atoms. The van der Waals surface area contributed by atoms with E-state index >= 15 is 0 Å². The molecule has 0 saturated carbocycles. The molecular formula is C19H25N3O3. The molecule has 0 aliphatic carbocycles. The third-order valence-corrected chi connectivity index (χ3v) is 4.34. The van der Waals surface area contributed by atoms with Crippen molar-refractivity contribution in [3.8, 4) is 0 Å². The number of rotatable bonds is 2. The van der Waals surface area contributed by atoms with E-state index in [0.717, 1.165) is 5.52 Å². The summed E-state index contributed by atoms with van der Waals surface area (Å²) in [5, 5.41) is 0. The van der Waals surface area contributed by atoms with E-state index < -0.39 is 0 Å². The van der Waals surface area contributed by atoms with Crippen LogP contribution in [0.3, 0.4) is 0 Å². The lowest BCUT2D eigenvalue weighted by Crippen LogP contribution is -2.51. The van der Waals surface area contributed by atoms with Crippen LogP contribution in [0.1, 0.15) is 43.4 Å². The topological polar surface area (TPSA) is 66.7 Å². The summed E-state index contributed by atoms with van der Waals surface area (Å²) in [6.45, 7) is 10.3. The second-order valence-electron chi connectivity index (χ2n) is 7.83. The Morgan fingerprint density at radius 1 is 1.12 bits per heavy atom. The molecule has 2 aromatic rings. The molecule has 0 atom stereocenters. The summed E-state index contributed by atoms with van der Waals surface area (Å²) in [5.41, 5.74) is 1.96. The normalized spacial score (nSPS) is 15.7. The van der Waals surface area contributed by atoms with E-state index in [1.165, 1.54) is 0 Å². The zero-order valence-electron chi connectivity index (χ0n) is 15.3. The van der Waals surface area contributed by atoms with Gasteiger partial charge in [0.25, 0.3) is 5.91 Å². The molecule has 2 heterocycles. The van der Waals surface area contributed by atoms with Crippen molar-refractivity contribution >= 4 is 22.9 Å². The van der Waals surface area contributed by atoms with Crippen LogP contribution in [0, 0.1) is 12.3 Å². The van der Waals surface area contributed by atoms with Gasteiger partial charge in [0.2, 0.25) is 5.91 Å². The number of nitrogens with zero attached hydrogens (tertiary/aromatic N) is 3. The molecule has 1 aliphatic heterocycles. The molecule has 0 unspecified atom stereocenters. The summed E-state index contributed by atoms with van der Waals surface area (Å²) in [7, 11) is 0. The first kappa shape index (κ1) is 17.5. The number of piperazine rings is 1. The van der Waals surface area contributed by atoms with Gasteiger partial charge < -0.3 is 14.2 Å². The van der Waals surface area contributed by atoms with E-state index in [0.29, 0.717) is 49.6 Å². The minimum atomic E-state index is -0.0288. The SMILES string of the molecule is Cc1nc2ccc(C(=O)N3CCN(C(=O)CC(C)(C)C)CC3)cc2o1. The first-order valence-electron chi connectivity index (χ1n) is 8.67. The molecule has 1 aliphatic rings. The molecule has 0 spiro atoms. The van der Waals surface area contributed by atoms with E-state index in [-0.39, 0.29) is 17.2 Å². The summed E-state index contributed by atoms with van der Waals surface area (Å²) in [6, 6.07) is 5.33. The smallest absolute Gasteiger partial charge is 0.254 e. The molecule has 6 heteroatoms. The van der Waals surface area contributed by atoms with Crippen LogP contribution in [0.5, 0.6) is 0 Å². The fourth-order valence-electron chi connectivity index (χ4n) is 3.08. The van der Waals surface area contributed by atoms with Crippen LogP contribution < -0.4 is 0 Å². The van der Waals surface area contributed by atoms with Crippen LogP contribution in [-0.4, -0.2) is 52.8 Å². The zero-order valence-corrected chi connectivity index (χ0v) is 15.3. The van der Waals surface area contributed by atoms with E-state index in [1.54, 1.807) is 24.0 Å². The maximum atomic E-state index is 12.7. The molecular weight excluding hydrogens is 318 g/mol. The molecule has 1 fully saturated rings. The Bertz CT molecular complexity index is 796. The minimum absolute atomic E-state index is 0.0192. The van der Waals surface area contributed by atoms with Gasteiger partial charge in [-0.05, 0) is 23.6 Å². The summed E-state index contributed by atoms with van der Waals surface area (Å²) in [5.74, 6) is 0.725. The van der Waals surface area contributed by atoms with Crippen molar-refractivity contribution in [2.45, 2.75) is 34.1 Å². The quantitative estimate of drug-likeness (QED) is 0.841. The van der Waals surface area contributed by atoms with Gasteiger partial charge in [0.15, 0.2) is 11.5 Å². The molecule has 134 valence electrons. The molecule has 0 radical (unpaired) electrons. The van der Waals surface area contributed by atoms with Gasteiger partial charge in [-0.2, -0.15) is 0 Å². The third-order valence-electron chi connectivity index (χ3n) is 4.34. The maximum absolute atomic E-state index is 12.7. The van der Waals surface area contributed by atoms with Gasteiger partial charge in [-0.3, -0.25) is 9.59 Å². The molecule has 1 saturated heterocycles. The number of oxazole rings is 1. The molecule has 0 N–H and O–H groups in total. The lowest BCUT2D eigenvalue weighted by molar-refractivity contribution is -0.134. The second-order valence-corrected chi connectivity index (χ2v) is 7.83. The van der Waals surface area contributed by atoms with Crippen LogP contribution in [0.2, 0.25) is 0 Å². The Kier molecular flexibility index (Phi) is 4.54. The van der Waals surface area contributed by atoms with Gasteiger partial charge in [-0.25, -0.2) is 4.98 Å². The average Bonchev–Trinajstić information content (AvgIpc) is 2.91. The Hall–Kier alpha value is -2.37. The Balaban J connectivity index is 1.63. The van der Waals surface area contributed by atoms with Crippen LogP contribution in [0.25, 0.3) is 11.1 Å². The Labute approximate surface area is 147 Å². The first-order valence-corrected chi connectivity index (χ1v) is 8.67. The predicted octanol–water partition coefficient (Wildman–Crippen LogP) is 2.86. The number of benzene rings is 1. The highest BCUT2D eigenvalue weighted by Crippen LogP contribution is 2.21. The summed E-state index contributed by atoms with van der Waals surface area (Å²) in [6.07, 6.45) is 0.530. The maximum Gasteiger partial charge on any atom is 0.254 e. The van der Waals surface area contributed by atoms with E-state index in [1.807, 2.05) is 11.0 Å². The average molecular weight is 343 g/mol. The number of aromatic nitrogens is 1. The van der Waals surface area contributed by atoms with Gasteiger partial charge in [-0.1, -0.05) is 20.8 Å². The van der Waals surface area contributed by atoms with Gasteiger partial charge in [0.1, 0.15) is 5.52 Å². The number of aryl methyl sites for hydroxylation is 1. The van der Waals surface area contributed by atoms with Crippen LogP contribution in [-0.2, 0) is 4.79 Å². The van der Waals surface area contributed by atoms with Crippen molar-refractivity contribution < 1.29 is 14.0 Å². The molecule has 6 nitrogen and oxygen atoms in total. The van der Waals surface area contributed by atoms with Crippen LogP contribution in [0.15, 0.2) is 22.6 Å². The van der Waals surface area contributed by atoms with Crippen molar-refractivity contribution in [2.24, 2.45) is 5.41 Å². The van der Waals surface area contributed by atoms with Gasteiger partial charge in [0, 0.05) is 45.1 Å². The fraction of sp³-hybridized carbons (Fsp3) is 0.526. The van der Waals surface area contributed by atoms with E-state index in [9.17, 15) is 9.59 Å². The first-order chi connectivity index (χ1) is 11.7. The van der Waals surface area contributed by atoms with Crippen molar-refractivity contribution in [2.75, 3.05) is 26.2 Å². The number of carbonyl (C=O) groups is 2. The largest absolute Gasteiger partial charge is 0.441 e. The number of hydrogen-bond donors (Lipinski definition) is 0. The van der Waals surface area contributed by atoms with E-state index in [4.69, 9.17) is 4.42 Å². The molecule has 1 aromatic carbocycles. The summed E-state index contributed by atoms with van der Waals surface area (Å²) < 4.78 is 5.51. The van der Waals surface area contributed by atoms with Gasteiger partial charge in [0.05, 0.1) is 0 Å². The summed E-state index contributed by atoms with van der Waals surface area (Å²) >= 11 is 0. The fourth-order valence-corrected chi connectivity index (χ4v) is 3.08. The summed E-state index contributed by atoms with van der Waals surface area (Å²) in [4.78, 5) is 32.9. The monoisotopic (exact) mass is 343 g/mol. The number of carbonyl (C=O) groups excluding carboxylic acids is 2. The van der Waals surface area contributed by atoms with Crippen molar-refractivity contribution in [1.82, 2.24) is 14.8 Å². The highest BCUT2D eigenvalue weighted by atomic mass is 16.3. The van der Waals surface area contributed by atoms with Gasteiger partial charge >= 0.3 is 0 Å². The molecule has 1 aromatic heterocycles. The van der Waals surface area contributed by atoms with Crippen molar-refractivity contribution in [3.63, 3.8) is 0 Å². The molecule has 3 rings (SSSR count). The van der Waals surface area contributed by atoms with Crippen LogP contribution in [0.4, 0.5) is 0 Å². The standard InChI is InChI=1S/C19H25N3O3/c1-13-20-15-6-5-14(11-16(15)25-13)18(24)22-9-7-21(8-10-22)17(23)12-19(2,3)4/h5-6,11H,7-10,12H2,1-4H3. The Morgan fingerprint density at radius 3 is 2.40 bits per heavy atom. The minimum Gasteiger partial charge on any atom is -0.441 e. The lowest BCUT2D eigenvalue weighted by atomic mass is 9.91. The van der Waals surface area contributed by atoms with Crippen molar-refractivity contribution in [1.29, 1.82) is 0 Å². The van der Waals surface area contributed by atoms with Crippen molar-refractivity contribution in [3.05, 3.63) is 29.7 Å². The molecule has 0 bridgehead atoms. The predicted molar refractivity (Wildman–Crippen MR) is 95.3 cm³/mol. The van der Waals surface area contributed by atoms with E-state index in [2.05, 4.69) is 25.8 Å². The lowest BCUT2D eigenvalue weighted by Gasteiger charge is -2.36.